The van der Waals surface area contributed by atoms with Crippen LogP contribution in [0, 0.1) is 0 Å². The normalized spacial score (nSPS) is 10.6. The molecule has 2 aromatic rings. The van der Waals surface area contributed by atoms with E-state index in [2.05, 4.69) is 5.10 Å². The molecule has 0 aliphatic heterocycles. The molecular formula is C10H10N2O3S. The van der Waals surface area contributed by atoms with Crippen LogP contribution in [0.25, 0.3) is 0 Å². The first-order chi connectivity index (χ1) is 7.66. The molecule has 0 unspecified atom stereocenters. The van der Waals surface area contributed by atoms with Crippen molar-refractivity contribution < 1.29 is 14.3 Å². The Morgan fingerprint density at radius 1 is 1.69 bits per heavy atom. The molecule has 0 aliphatic rings. The van der Waals surface area contributed by atoms with E-state index in [9.17, 15) is 4.79 Å². The number of aryl methyl sites for hydroxylation is 1. The fraction of sp³-hybridized carbons (Fsp3) is 0.200. The summed E-state index contributed by atoms with van der Waals surface area (Å²) in [6.07, 6.45) is 4.99. The van der Waals surface area contributed by atoms with Gasteiger partial charge in [0.2, 0.25) is 0 Å². The molecule has 0 aromatic carbocycles. The number of carbonyl (C=O) groups is 1. The predicted molar refractivity (Wildman–Crippen MR) is 58.4 cm³/mol. The zero-order valence-corrected chi connectivity index (χ0v) is 9.40. The molecule has 0 atom stereocenters. The summed E-state index contributed by atoms with van der Waals surface area (Å²) < 4.78 is 6.82. The van der Waals surface area contributed by atoms with Crippen molar-refractivity contribution in [2.24, 2.45) is 7.05 Å². The summed E-state index contributed by atoms with van der Waals surface area (Å²) in [5.74, 6) is -0.00256. The molecule has 0 radical (unpaired) electrons. The standard InChI is InChI=1S/C10H10N2O3S/c1-12-5-7(4-11-12)16-6-9-8(10(13)14)2-3-15-9/h2-5H,6H2,1H3,(H,13,14). The van der Waals surface area contributed by atoms with Crippen LogP contribution in [0.5, 0.6) is 0 Å². The highest BCUT2D eigenvalue weighted by Gasteiger charge is 2.13. The Hall–Kier alpha value is -1.69. The van der Waals surface area contributed by atoms with E-state index in [1.807, 2.05) is 13.2 Å². The van der Waals surface area contributed by atoms with E-state index in [-0.39, 0.29) is 5.56 Å². The second-order valence-corrected chi connectivity index (χ2v) is 4.25. The van der Waals surface area contributed by atoms with Crippen LogP contribution >= 0.6 is 11.8 Å². The summed E-state index contributed by atoms with van der Waals surface area (Å²) in [4.78, 5) is 11.8. The first-order valence-corrected chi connectivity index (χ1v) is 5.56. The Labute approximate surface area is 96.1 Å². The summed E-state index contributed by atoms with van der Waals surface area (Å²) in [6, 6.07) is 1.46. The second kappa shape index (κ2) is 4.44. The number of aromatic carboxylic acids is 1. The number of rotatable bonds is 4. The monoisotopic (exact) mass is 238 g/mol. The topological polar surface area (TPSA) is 68.3 Å². The molecule has 0 amide bonds. The van der Waals surface area contributed by atoms with Crippen molar-refractivity contribution in [2.45, 2.75) is 10.6 Å². The molecular weight excluding hydrogens is 228 g/mol. The van der Waals surface area contributed by atoms with E-state index < -0.39 is 5.97 Å². The summed E-state index contributed by atoms with van der Waals surface area (Å²) >= 11 is 1.49. The number of aromatic nitrogens is 2. The van der Waals surface area contributed by atoms with Crippen LogP contribution in [0.3, 0.4) is 0 Å². The van der Waals surface area contributed by atoms with Gasteiger partial charge in [0.15, 0.2) is 0 Å². The fourth-order valence-corrected chi connectivity index (χ4v) is 2.14. The Kier molecular flexibility index (Phi) is 3.00. The van der Waals surface area contributed by atoms with Crippen molar-refractivity contribution in [3.05, 3.63) is 36.0 Å². The van der Waals surface area contributed by atoms with Crippen LogP contribution < -0.4 is 0 Å². The van der Waals surface area contributed by atoms with Crippen molar-refractivity contribution >= 4 is 17.7 Å². The summed E-state index contributed by atoms with van der Waals surface area (Å²) in [6.45, 7) is 0. The molecule has 2 aromatic heterocycles. The lowest BCUT2D eigenvalue weighted by molar-refractivity contribution is 0.0695. The average molecular weight is 238 g/mol. The van der Waals surface area contributed by atoms with Gasteiger partial charge in [-0.1, -0.05) is 0 Å². The number of carboxylic acid groups (broad SMARTS) is 1. The Morgan fingerprint density at radius 2 is 2.50 bits per heavy atom. The lowest BCUT2D eigenvalue weighted by Gasteiger charge is -1.96. The zero-order chi connectivity index (χ0) is 11.5. The Morgan fingerprint density at radius 3 is 3.12 bits per heavy atom. The molecule has 0 aliphatic carbocycles. The van der Waals surface area contributed by atoms with Gasteiger partial charge in [-0.25, -0.2) is 4.79 Å². The third-order valence-corrected chi connectivity index (χ3v) is 2.98. The number of hydrogen-bond donors (Lipinski definition) is 1. The SMILES string of the molecule is Cn1cc(SCc2occc2C(=O)O)cn1. The van der Waals surface area contributed by atoms with Gasteiger partial charge in [-0.05, 0) is 6.07 Å². The van der Waals surface area contributed by atoms with E-state index >= 15 is 0 Å². The smallest absolute Gasteiger partial charge is 0.339 e. The molecule has 16 heavy (non-hydrogen) atoms. The van der Waals surface area contributed by atoms with Gasteiger partial charge < -0.3 is 9.52 Å². The van der Waals surface area contributed by atoms with E-state index in [0.29, 0.717) is 11.5 Å². The number of nitrogens with zero attached hydrogens (tertiary/aromatic N) is 2. The minimum Gasteiger partial charge on any atom is -0.478 e. The van der Waals surface area contributed by atoms with Gasteiger partial charge in [-0.2, -0.15) is 5.10 Å². The van der Waals surface area contributed by atoms with Gasteiger partial charge in [-0.3, -0.25) is 4.68 Å². The molecule has 0 saturated heterocycles. The molecule has 0 fully saturated rings. The van der Waals surface area contributed by atoms with Gasteiger partial charge in [0.1, 0.15) is 11.3 Å². The predicted octanol–water partition coefficient (Wildman–Crippen LogP) is 2.00. The maximum atomic E-state index is 10.8. The lowest BCUT2D eigenvalue weighted by Crippen LogP contribution is -1.97. The van der Waals surface area contributed by atoms with Gasteiger partial charge in [0.05, 0.1) is 18.2 Å². The first-order valence-electron chi connectivity index (χ1n) is 4.58. The summed E-state index contributed by atoms with van der Waals surface area (Å²) in [7, 11) is 1.83. The summed E-state index contributed by atoms with van der Waals surface area (Å²) in [5, 5.41) is 12.9. The van der Waals surface area contributed by atoms with Crippen LogP contribution in [0.4, 0.5) is 0 Å². The number of hydrogen-bond acceptors (Lipinski definition) is 4. The Balaban J connectivity index is 2.04. The van der Waals surface area contributed by atoms with E-state index in [1.54, 1.807) is 10.9 Å². The van der Waals surface area contributed by atoms with Crippen molar-refractivity contribution in [3.8, 4) is 0 Å². The van der Waals surface area contributed by atoms with Crippen molar-refractivity contribution in [2.75, 3.05) is 0 Å². The highest BCUT2D eigenvalue weighted by Crippen LogP contribution is 2.24. The van der Waals surface area contributed by atoms with E-state index in [0.717, 1.165) is 4.90 Å². The lowest BCUT2D eigenvalue weighted by atomic mass is 10.3. The van der Waals surface area contributed by atoms with Crippen molar-refractivity contribution in [1.29, 1.82) is 0 Å². The van der Waals surface area contributed by atoms with Crippen molar-refractivity contribution in [3.63, 3.8) is 0 Å². The molecule has 6 heteroatoms. The third kappa shape index (κ3) is 2.27. The maximum Gasteiger partial charge on any atom is 0.339 e. The van der Waals surface area contributed by atoms with Crippen molar-refractivity contribution in [1.82, 2.24) is 9.78 Å². The number of furan rings is 1. The molecule has 0 spiro atoms. The molecule has 2 rings (SSSR count). The van der Waals surface area contributed by atoms with Gasteiger partial charge in [0.25, 0.3) is 0 Å². The second-order valence-electron chi connectivity index (χ2n) is 3.20. The van der Waals surface area contributed by atoms with Crippen LogP contribution in [0.2, 0.25) is 0 Å². The molecule has 2 heterocycles. The van der Waals surface area contributed by atoms with Gasteiger partial charge in [0, 0.05) is 18.1 Å². The van der Waals surface area contributed by atoms with E-state index in [1.165, 1.54) is 24.1 Å². The Bertz CT molecular complexity index is 504. The quantitative estimate of drug-likeness (QED) is 0.825. The first kappa shape index (κ1) is 10.8. The average Bonchev–Trinajstić information content (AvgIpc) is 2.83. The number of carboxylic acids is 1. The zero-order valence-electron chi connectivity index (χ0n) is 8.58. The largest absolute Gasteiger partial charge is 0.478 e. The maximum absolute atomic E-state index is 10.8. The minimum atomic E-state index is -0.962. The van der Waals surface area contributed by atoms with Gasteiger partial charge >= 0.3 is 5.97 Å². The summed E-state index contributed by atoms with van der Waals surface area (Å²) in [5.41, 5.74) is 0.219. The van der Waals surface area contributed by atoms with Crippen LogP contribution in [-0.2, 0) is 12.8 Å². The molecule has 0 bridgehead atoms. The minimum absolute atomic E-state index is 0.219. The highest BCUT2D eigenvalue weighted by molar-refractivity contribution is 7.98. The van der Waals surface area contributed by atoms with Crippen LogP contribution in [0.1, 0.15) is 16.1 Å². The van der Waals surface area contributed by atoms with Crippen LogP contribution in [-0.4, -0.2) is 20.9 Å². The molecule has 5 nitrogen and oxygen atoms in total. The molecule has 84 valence electrons. The fourth-order valence-electron chi connectivity index (χ4n) is 1.27. The molecule has 0 saturated carbocycles. The third-order valence-electron chi connectivity index (χ3n) is 2.03. The van der Waals surface area contributed by atoms with Gasteiger partial charge in [-0.15, -0.1) is 11.8 Å². The number of thioether (sulfide) groups is 1. The molecule has 1 N–H and O–H groups in total. The van der Waals surface area contributed by atoms with E-state index in [4.69, 9.17) is 9.52 Å². The van der Waals surface area contributed by atoms with Crippen LogP contribution in [0.15, 0.2) is 34.0 Å². The highest BCUT2D eigenvalue weighted by atomic mass is 32.2.